The van der Waals surface area contributed by atoms with Crippen LogP contribution in [0.3, 0.4) is 0 Å². The van der Waals surface area contributed by atoms with Crippen molar-refractivity contribution in [3.63, 3.8) is 0 Å². The summed E-state index contributed by atoms with van der Waals surface area (Å²) in [7, 11) is 0. The number of benzene rings is 1. The van der Waals surface area contributed by atoms with Gasteiger partial charge in [0.15, 0.2) is 4.80 Å². The van der Waals surface area contributed by atoms with Gasteiger partial charge in [-0.15, -0.1) is 0 Å². The van der Waals surface area contributed by atoms with E-state index in [2.05, 4.69) is 4.99 Å². The molecule has 0 fully saturated rings. The van der Waals surface area contributed by atoms with E-state index in [9.17, 15) is 4.79 Å². The molecule has 1 aliphatic rings. The molecule has 7 heteroatoms. The van der Waals surface area contributed by atoms with E-state index in [1.807, 2.05) is 36.1 Å². The number of anilines is 1. The first kappa shape index (κ1) is 15.2. The summed E-state index contributed by atoms with van der Waals surface area (Å²) in [5.41, 5.74) is 1.92. The van der Waals surface area contributed by atoms with Crippen LogP contribution < -0.4 is 19.8 Å². The quantitative estimate of drug-likeness (QED) is 0.705. The lowest BCUT2D eigenvalue weighted by Crippen LogP contribution is -2.42. The summed E-state index contributed by atoms with van der Waals surface area (Å²) in [5.74, 6) is 0.661. The Balaban J connectivity index is 1.72. The Labute approximate surface area is 146 Å². The number of aryl methyl sites for hydroxylation is 1. The van der Waals surface area contributed by atoms with E-state index in [1.54, 1.807) is 23.0 Å². The van der Waals surface area contributed by atoms with Crippen LogP contribution in [0.2, 0.25) is 5.02 Å². The fourth-order valence-electron chi connectivity index (χ4n) is 2.56. The molecule has 3 aromatic rings. The van der Waals surface area contributed by atoms with Gasteiger partial charge in [0.05, 0.1) is 10.8 Å². The lowest BCUT2D eigenvalue weighted by Gasteiger charge is -2.26. The Hall–Kier alpha value is -2.31. The maximum absolute atomic E-state index is 12.6. The van der Waals surface area contributed by atoms with Gasteiger partial charge in [0.1, 0.15) is 19.1 Å². The van der Waals surface area contributed by atoms with Crippen LogP contribution in [0.15, 0.2) is 50.8 Å². The molecule has 0 bridgehead atoms. The lowest BCUT2D eigenvalue weighted by molar-refractivity contribution is 0.556. The van der Waals surface area contributed by atoms with E-state index < -0.39 is 0 Å². The number of thiazole rings is 1. The van der Waals surface area contributed by atoms with Crippen LogP contribution in [0, 0.1) is 6.92 Å². The smallest absolute Gasteiger partial charge is 0.271 e. The van der Waals surface area contributed by atoms with Gasteiger partial charge >= 0.3 is 0 Å². The van der Waals surface area contributed by atoms with E-state index in [-0.39, 0.29) is 5.56 Å². The van der Waals surface area contributed by atoms with Gasteiger partial charge in [0.25, 0.3) is 5.56 Å². The Kier molecular flexibility index (Phi) is 3.78. The summed E-state index contributed by atoms with van der Waals surface area (Å²) in [4.78, 5) is 19.9. The standard InChI is InChI=1S/C17H14ClN3O2S/c1-11-4-5-12(7-14(11)18)20-9-19-17-21(10-20)16(22)15(24-17)8-13-3-2-6-23-13/h2-8H,9-10H2,1H3. The highest BCUT2D eigenvalue weighted by atomic mass is 35.5. The number of furan rings is 1. The molecule has 3 heterocycles. The Bertz CT molecular complexity index is 1070. The lowest BCUT2D eigenvalue weighted by atomic mass is 10.2. The van der Waals surface area contributed by atoms with Gasteiger partial charge in [-0.2, -0.15) is 0 Å². The van der Waals surface area contributed by atoms with Gasteiger partial charge in [-0.05, 0) is 36.8 Å². The first-order valence-electron chi connectivity index (χ1n) is 7.42. The van der Waals surface area contributed by atoms with Crippen LogP contribution in [0.5, 0.6) is 0 Å². The van der Waals surface area contributed by atoms with Crippen LogP contribution in [0.25, 0.3) is 6.08 Å². The number of rotatable bonds is 2. The van der Waals surface area contributed by atoms with Gasteiger partial charge < -0.3 is 9.32 Å². The van der Waals surface area contributed by atoms with E-state index in [0.717, 1.165) is 16.1 Å². The molecular weight excluding hydrogens is 346 g/mol. The van der Waals surface area contributed by atoms with Crippen molar-refractivity contribution in [3.8, 4) is 0 Å². The minimum atomic E-state index is -0.0574. The molecule has 0 unspecified atom stereocenters. The highest BCUT2D eigenvalue weighted by Crippen LogP contribution is 2.23. The fourth-order valence-corrected chi connectivity index (χ4v) is 3.67. The van der Waals surface area contributed by atoms with Crippen molar-refractivity contribution < 1.29 is 4.42 Å². The van der Waals surface area contributed by atoms with Crippen LogP contribution >= 0.6 is 22.9 Å². The van der Waals surface area contributed by atoms with Crippen molar-refractivity contribution in [1.29, 1.82) is 0 Å². The number of aromatic nitrogens is 1. The second-order valence-corrected chi connectivity index (χ2v) is 6.97. The normalized spacial score (nSPS) is 14.6. The SMILES string of the molecule is Cc1ccc(N2CN=c3sc(=Cc4ccco4)c(=O)n3C2)cc1Cl. The number of fused-ring (bicyclic) bond motifs is 1. The first-order valence-corrected chi connectivity index (χ1v) is 8.62. The van der Waals surface area contributed by atoms with Crippen molar-refractivity contribution in [2.45, 2.75) is 13.6 Å². The largest absolute Gasteiger partial charge is 0.465 e. The average molecular weight is 360 g/mol. The summed E-state index contributed by atoms with van der Waals surface area (Å²) in [5, 5.41) is 0.711. The third-order valence-electron chi connectivity index (χ3n) is 3.91. The number of nitrogens with zero attached hydrogens (tertiary/aromatic N) is 3. The van der Waals surface area contributed by atoms with E-state index in [1.165, 1.54) is 11.3 Å². The molecule has 0 atom stereocenters. The van der Waals surface area contributed by atoms with Crippen LogP contribution in [0.1, 0.15) is 11.3 Å². The minimum absolute atomic E-state index is 0.0574. The molecule has 4 rings (SSSR count). The molecule has 0 spiro atoms. The molecule has 0 saturated carbocycles. The minimum Gasteiger partial charge on any atom is -0.465 e. The number of hydrogen-bond donors (Lipinski definition) is 0. The zero-order chi connectivity index (χ0) is 16.7. The summed E-state index contributed by atoms with van der Waals surface area (Å²) in [6.45, 7) is 2.92. The zero-order valence-corrected chi connectivity index (χ0v) is 14.5. The monoisotopic (exact) mass is 359 g/mol. The predicted octanol–water partition coefficient (Wildman–Crippen LogP) is 2.35. The van der Waals surface area contributed by atoms with Gasteiger partial charge in [-0.1, -0.05) is 29.0 Å². The van der Waals surface area contributed by atoms with E-state index in [4.69, 9.17) is 16.0 Å². The second kappa shape index (κ2) is 5.96. The Morgan fingerprint density at radius 2 is 2.25 bits per heavy atom. The third-order valence-corrected chi connectivity index (χ3v) is 5.37. The van der Waals surface area contributed by atoms with Crippen LogP contribution in [-0.2, 0) is 6.67 Å². The maximum atomic E-state index is 12.6. The molecule has 5 nitrogen and oxygen atoms in total. The van der Waals surface area contributed by atoms with Gasteiger partial charge in [-0.25, -0.2) is 4.99 Å². The molecule has 1 aliphatic heterocycles. The highest BCUT2D eigenvalue weighted by Gasteiger charge is 2.16. The zero-order valence-electron chi connectivity index (χ0n) is 12.9. The molecule has 0 radical (unpaired) electrons. The van der Waals surface area contributed by atoms with Crippen molar-refractivity contribution in [1.82, 2.24) is 4.57 Å². The topological polar surface area (TPSA) is 50.7 Å². The summed E-state index contributed by atoms with van der Waals surface area (Å²) < 4.78 is 7.58. The Morgan fingerprint density at radius 3 is 3.00 bits per heavy atom. The molecule has 2 aromatic heterocycles. The van der Waals surface area contributed by atoms with E-state index >= 15 is 0 Å². The molecule has 1 aromatic carbocycles. The van der Waals surface area contributed by atoms with Crippen LogP contribution in [0.4, 0.5) is 5.69 Å². The molecule has 24 heavy (non-hydrogen) atoms. The second-order valence-electron chi connectivity index (χ2n) is 5.56. The summed E-state index contributed by atoms with van der Waals surface area (Å²) in [6.07, 6.45) is 3.34. The first-order chi connectivity index (χ1) is 11.6. The molecule has 0 amide bonds. The molecule has 0 N–H and O–H groups in total. The predicted molar refractivity (Wildman–Crippen MR) is 95.2 cm³/mol. The molecule has 122 valence electrons. The van der Waals surface area contributed by atoms with Crippen molar-refractivity contribution in [3.05, 3.63) is 72.6 Å². The summed E-state index contributed by atoms with van der Waals surface area (Å²) >= 11 is 7.59. The van der Waals surface area contributed by atoms with Gasteiger partial charge in [0, 0.05) is 16.8 Å². The highest BCUT2D eigenvalue weighted by molar-refractivity contribution is 7.07. The Morgan fingerprint density at radius 1 is 1.38 bits per heavy atom. The van der Waals surface area contributed by atoms with E-state index in [0.29, 0.717) is 28.7 Å². The molecule has 0 saturated heterocycles. The maximum Gasteiger partial charge on any atom is 0.271 e. The summed E-state index contributed by atoms with van der Waals surface area (Å²) in [6, 6.07) is 9.49. The van der Waals surface area contributed by atoms with Crippen LogP contribution in [-0.4, -0.2) is 11.2 Å². The third kappa shape index (κ3) is 2.68. The molecule has 0 aliphatic carbocycles. The van der Waals surface area contributed by atoms with Crippen molar-refractivity contribution in [2.24, 2.45) is 4.99 Å². The van der Waals surface area contributed by atoms with Crippen molar-refractivity contribution >= 4 is 34.7 Å². The fraction of sp³-hybridized carbons (Fsp3) is 0.176. The number of halogens is 1. The van der Waals surface area contributed by atoms with Gasteiger partial charge in [0.2, 0.25) is 0 Å². The van der Waals surface area contributed by atoms with Gasteiger partial charge in [-0.3, -0.25) is 9.36 Å². The number of hydrogen-bond acceptors (Lipinski definition) is 5. The van der Waals surface area contributed by atoms with Crippen molar-refractivity contribution in [2.75, 3.05) is 11.6 Å². The average Bonchev–Trinajstić information content (AvgIpc) is 3.19. The molecular formula is C17H14ClN3O2S.